The van der Waals surface area contributed by atoms with E-state index in [-0.39, 0.29) is 11.9 Å². The van der Waals surface area contributed by atoms with Gasteiger partial charge >= 0.3 is 0 Å². The van der Waals surface area contributed by atoms with E-state index in [9.17, 15) is 4.79 Å². The normalized spacial score (nSPS) is 28.3. The fraction of sp³-hybridized carbons (Fsp3) is 0.636. The zero-order valence-corrected chi connectivity index (χ0v) is 10.1. The smallest absolute Gasteiger partial charge is 0.230 e. The minimum atomic E-state index is -0.626. The van der Waals surface area contributed by atoms with Gasteiger partial charge in [-0.2, -0.15) is 5.10 Å². The molecule has 1 fully saturated rings. The molecule has 1 aromatic rings. The number of rotatable bonds is 3. The standard InChI is InChI=1S/C11H18N4O2/c1-11(7-17-6-9(11)12)10(16)13-5-8-3-4-14-15(8)2/h3-4,9H,5-7,12H2,1-2H3,(H,13,16). The lowest BCUT2D eigenvalue weighted by Crippen LogP contribution is -2.49. The Morgan fingerprint density at radius 3 is 3.12 bits per heavy atom. The average Bonchev–Trinajstić information content (AvgIpc) is 2.84. The van der Waals surface area contributed by atoms with Gasteiger partial charge in [-0.15, -0.1) is 0 Å². The Balaban J connectivity index is 1.96. The predicted octanol–water partition coefficient (Wildman–Crippen LogP) is -0.600. The summed E-state index contributed by atoms with van der Waals surface area (Å²) in [5, 5.41) is 6.92. The summed E-state index contributed by atoms with van der Waals surface area (Å²) in [7, 11) is 1.84. The number of nitrogens with zero attached hydrogens (tertiary/aromatic N) is 2. The van der Waals surface area contributed by atoms with Gasteiger partial charge in [0, 0.05) is 19.3 Å². The first kappa shape index (κ1) is 12.1. The number of nitrogens with two attached hydrogens (primary N) is 1. The van der Waals surface area contributed by atoms with Crippen molar-refractivity contribution in [1.29, 1.82) is 0 Å². The van der Waals surface area contributed by atoms with Crippen molar-refractivity contribution in [3.05, 3.63) is 18.0 Å². The van der Waals surface area contributed by atoms with Gasteiger partial charge in [0.25, 0.3) is 0 Å². The van der Waals surface area contributed by atoms with Crippen molar-refractivity contribution in [3.8, 4) is 0 Å². The van der Waals surface area contributed by atoms with Crippen molar-refractivity contribution in [1.82, 2.24) is 15.1 Å². The molecule has 3 N–H and O–H groups in total. The number of hydrogen-bond donors (Lipinski definition) is 2. The van der Waals surface area contributed by atoms with E-state index in [2.05, 4.69) is 10.4 Å². The largest absolute Gasteiger partial charge is 0.379 e. The van der Waals surface area contributed by atoms with Gasteiger partial charge in [-0.05, 0) is 13.0 Å². The third-order valence-electron chi connectivity index (χ3n) is 3.39. The molecule has 94 valence electrons. The van der Waals surface area contributed by atoms with E-state index in [1.807, 2.05) is 20.0 Å². The minimum Gasteiger partial charge on any atom is -0.379 e. The molecule has 1 amide bonds. The van der Waals surface area contributed by atoms with Crippen LogP contribution in [0.2, 0.25) is 0 Å². The van der Waals surface area contributed by atoms with E-state index < -0.39 is 5.41 Å². The molecule has 0 aliphatic carbocycles. The molecule has 6 heteroatoms. The number of amides is 1. The molecule has 6 nitrogen and oxygen atoms in total. The minimum absolute atomic E-state index is 0.0660. The number of ether oxygens (including phenoxy) is 1. The molecule has 2 rings (SSSR count). The molecule has 2 heterocycles. The van der Waals surface area contributed by atoms with E-state index in [4.69, 9.17) is 10.5 Å². The molecule has 0 radical (unpaired) electrons. The Kier molecular flexibility index (Phi) is 3.17. The SMILES string of the molecule is Cn1nccc1CNC(=O)C1(C)COCC1N. The Morgan fingerprint density at radius 2 is 2.59 bits per heavy atom. The van der Waals surface area contributed by atoms with E-state index in [0.717, 1.165) is 5.69 Å². The van der Waals surface area contributed by atoms with E-state index in [1.165, 1.54) is 0 Å². The molecule has 2 atom stereocenters. The molecule has 0 saturated carbocycles. The second kappa shape index (κ2) is 4.46. The highest BCUT2D eigenvalue weighted by molar-refractivity contribution is 5.83. The molecule has 1 saturated heterocycles. The van der Waals surface area contributed by atoms with Gasteiger partial charge in [-0.3, -0.25) is 9.48 Å². The molecular formula is C11H18N4O2. The van der Waals surface area contributed by atoms with Gasteiger partial charge in [0.2, 0.25) is 5.91 Å². The molecule has 1 aliphatic rings. The zero-order chi connectivity index (χ0) is 12.5. The maximum absolute atomic E-state index is 12.1. The predicted molar refractivity (Wildman–Crippen MR) is 62.0 cm³/mol. The molecule has 0 bridgehead atoms. The van der Waals surface area contributed by atoms with Crippen LogP contribution in [0.25, 0.3) is 0 Å². The van der Waals surface area contributed by atoms with Crippen molar-refractivity contribution in [2.45, 2.75) is 19.5 Å². The second-order valence-electron chi connectivity index (χ2n) is 4.67. The summed E-state index contributed by atoms with van der Waals surface area (Å²) in [5.74, 6) is -0.0660. The lowest BCUT2D eigenvalue weighted by Gasteiger charge is -2.25. The third kappa shape index (κ3) is 2.18. The van der Waals surface area contributed by atoms with Gasteiger partial charge in [-0.25, -0.2) is 0 Å². The first-order valence-electron chi connectivity index (χ1n) is 5.62. The van der Waals surface area contributed by atoms with Crippen LogP contribution in [0.1, 0.15) is 12.6 Å². The molecule has 1 aliphatic heterocycles. The highest BCUT2D eigenvalue weighted by Gasteiger charge is 2.44. The zero-order valence-electron chi connectivity index (χ0n) is 10.1. The summed E-state index contributed by atoms with van der Waals surface area (Å²) in [5.41, 5.74) is 6.22. The number of carbonyl (C=O) groups excluding carboxylic acids is 1. The summed E-state index contributed by atoms with van der Waals surface area (Å²) in [4.78, 5) is 12.1. The van der Waals surface area contributed by atoms with E-state index >= 15 is 0 Å². The summed E-state index contributed by atoms with van der Waals surface area (Å²) in [6.07, 6.45) is 1.70. The summed E-state index contributed by atoms with van der Waals surface area (Å²) >= 11 is 0. The van der Waals surface area contributed by atoms with Gasteiger partial charge < -0.3 is 15.8 Å². The van der Waals surface area contributed by atoms with Crippen LogP contribution in [0.4, 0.5) is 0 Å². The highest BCUT2D eigenvalue weighted by Crippen LogP contribution is 2.27. The summed E-state index contributed by atoms with van der Waals surface area (Å²) in [6.45, 7) is 3.11. The van der Waals surface area contributed by atoms with Crippen LogP contribution in [0.3, 0.4) is 0 Å². The van der Waals surface area contributed by atoms with Gasteiger partial charge in [0.1, 0.15) is 0 Å². The second-order valence-corrected chi connectivity index (χ2v) is 4.67. The Bertz CT molecular complexity index is 417. The molecule has 0 spiro atoms. The Hall–Kier alpha value is -1.40. The van der Waals surface area contributed by atoms with Crippen LogP contribution in [-0.4, -0.2) is 34.9 Å². The van der Waals surface area contributed by atoms with Crippen molar-refractivity contribution < 1.29 is 9.53 Å². The Morgan fingerprint density at radius 1 is 1.82 bits per heavy atom. The number of aryl methyl sites for hydroxylation is 1. The maximum Gasteiger partial charge on any atom is 0.230 e. The monoisotopic (exact) mass is 238 g/mol. The lowest BCUT2D eigenvalue weighted by molar-refractivity contribution is -0.130. The van der Waals surface area contributed by atoms with Crippen molar-refractivity contribution in [2.75, 3.05) is 13.2 Å². The quantitative estimate of drug-likeness (QED) is 0.736. The van der Waals surface area contributed by atoms with Crippen molar-refractivity contribution in [2.24, 2.45) is 18.2 Å². The van der Waals surface area contributed by atoms with Gasteiger partial charge in [0.15, 0.2) is 0 Å². The average molecular weight is 238 g/mol. The highest BCUT2D eigenvalue weighted by atomic mass is 16.5. The first-order chi connectivity index (χ1) is 8.04. The number of carbonyl (C=O) groups is 1. The number of aromatic nitrogens is 2. The third-order valence-corrected chi connectivity index (χ3v) is 3.39. The van der Waals surface area contributed by atoms with E-state index in [0.29, 0.717) is 19.8 Å². The fourth-order valence-corrected chi connectivity index (χ4v) is 1.87. The molecule has 17 heavy (non-hydrogen) atoms. The van der Waals surface area contributed by atoms with Crippen LogP contribution in [-0.2, 0) is 23.1 Å². The maximum atomic E-state index is 12.1. The Labute approximate surface area is 100 Å². The van der Waals surface area contributed by atoms with Gasteiger partial charge in [0.05, 0.1) is 30.9 Å². The molecule has 2 unspecified atom stereocenters. The fourth-order valence-electron chi connectivity index (χ4n) is 1.87. The van der Waals surface area contributed by atoms with Crippen molar-refractivity contribution >= 4 is 5.91 Å². The van der Waals surface area contributed by atoms with Crippen LogP contribution >= 0.6 is 0 Å². The lowest BCUT2D eigenvalue weighted by atomic mass is 9.85. The molecule has 0 aromatic carbocycles. The van der Waals surface area contributed by atoms with Gasteiger partial charge in [-0.1, -0.05) is 0 Å². The van der Waals surface area contributed by atoms with Crippen LogP contribution < -0.4 is 11.1 Å². The number of hydrogen-bond acceptors (Lipinski definition) is 4. The first-order valence-corrected chi connectivity index (χ1v) is 5.62. The van der Waals surface area contributed by atoms with Crippen LogP contribution in [0.15, 0.2) is 12.3 Å². The van der Waals surface area contributed by atoms with Crippen molar-refractivity contribution in [3.63, 3.8) is 0 Å². The topological polar surface area (TPSA) is 82.2 Å². The summed E-state index contributed by atoms with van der Waals surface area (Å²) < 4.78 is 6.98. The molecule has 1 aromatic heterocycles. The van der Waals surface area contributed by atoms with Crippen LogP contribution in [0, 0.1) is 5.41 Å². The van der Waals surface area contributed by atoms with E-state index in [1.54, 1.807) is 10.9 Å². The van der Waals surface area contributed by atoms with Crippen LogP contribution in [0.5, 0.6) is 0 Å². The number of nitrogens with one attached hydrogen (secondary N) is 1. The molecular weight excluding hydrogens is 220 g/mol. The summed E-state index contributed by atoms with van der Waals surface area (Å²) in [6, 6.07) is 1.63.